The molecular weight excluding hydrogens is 819 g/mol. The number of piperazine rings is 1. The Morgan fingerprint density at radius 1 is 1.14 bits per heavy atom. The zero-order chi connectivity index (χ0) is 44.9. The average Bonchev–Trinajstić information content (AvgIpc) is 4.07. The molecule has 1 aromatic carbocycles. The molecule has 2 N–H and O–H groups in total. The molecule has 63 heavy (non-hydrogen) atoms. The molecular formula is C47H63N9O6S. The largest absolute Gasteiger partial charge is 0.464 e. The van der Waals surface area contributed by atoms with Crippen molar-refractivity contribution in [3.05, 3.63) is 58.2 Å². The molecule has 3 fully saturated rings. The van der Waals surface area contributed by atoms with E-state index in [9.17, 15) is 19.2 Å². The number of aromatic nitrogens is 3. The SMILES string of the molecule is CCn1c(-c2cccnc2[C@H](C)OC)c2c3cc(ccc31)-c1csc(n1)C[C@H](NC(=O)C(C(C)C)N(C)C(=O)N1C[C@@H]3C[C@H]1CN3C)C(=O)N1CCC[C@H](N1)C(=O)OCC(C)(C)C2. The van der Waals surface area contributed by atoms with Gasteiger partial charge in [0, 0.05) is 97.9 Å². The zero-order valence-electron chi connectivity index (χ0n) is 38.1. The summed E-state index contributed by atoms with van der Waals surface area (Å²) < 4.78 is 14.3. The van der Waals surface area contributed by atoms with Gasteiger partial charge >= 0.3 is 12.0 Å². The highest BCUT2D eigenvalue weighted by Crippen LogP contribution is 2.42. The van der Waals surface area contributed by atoms with Crippen molar-refractivity contribution < 1.29 is 28.7 Å². The Bertz CT molecular complexity index is 2370. The van der Waals surface area contributed by atoms with Crippen LogP contribution < -0.4 is 10.7 Å². The van der Waals surface area contributed by atoms with Crippen LogP contribution in [0.25, 0.3) is 33.4 Å². The quantitative estimate of drug-likeness (QED) is 0.212. The lowest BCUT2D eigenvalue weighted by molar-refractivity contribution is -0.155. The van der Waals surface area contributed by atoms with Crippen LogP contribution in [-0.2, 0) is 43.2 Å². The number of amides is 4. The van der Waals surface area contributed by atoms with Crippen molar-refractivity contribution in [2.24, 2.45) is 11.3 Å². The van der Waals surface area contributed by atoms with Crippen molar-refractivity contribution >= 4 is 46.1 Å². The molecule has 8 rings (SSSR count). The number of fused-ring (bicyclic) bond motifs is 8. The number of nitrogens with one attached hydrogen (secondary N) is 2. The summed E-state index contributed by atoms with van der Waals surface area (Å²) in [4.78, 5) is 72.5. The number of hydrogen-bond acceptors (Lipinski definition) is 11. The molecule has 16 heteroatoms. The lowest BCUT2D eigenvalue weighted by Gasteiger charge is -2.39. The monoisotopic (exact) mass is 881 g/mol. The summed E-state index contributed by atoms with van der Waals surface area (Å²) in [6.45, 7) is 14.8. The zero-order valence-corrected chi connectivity index (χ0v) is 39.0. The molecule has 4 aliphatic heterocycles. The number of rotatable bonds is 8. The summed E-state index contributed by atoms with van der Waals surface area (Å²) in [5.74, 6) is -1.47. The molecule has 15 nitrogen and oxygen atoms in total. The molecule has 7 heterocycles. The molecule has 4 aromatic rings. The van der Waals surface area contributed by atoms with E-state index in [2.05, 4.69) is 72.3 Å². The second-order valence-corrected chi connectivity index (χ2v) is 19.9. The van der Waals surface area contributed by atoms with E-state index in [4.69, 9.17) is 19.4 Å². The number of ether oxygens (including phenoxy) is 2. The van der Waals surface area contributed by atoms with Gasteiger partial charge in [-0.05, 0) is 82.3 Å². The van der Waals surface area contributed by atoms with Crippen molar-refractivity contribution in [2.45, 2.75) is 117 Å². The number of carbonyl (C=O) groups is 4. The third kappa shape index (κ3) is 8.71. The van der Waals surface area contributed by atoms with E-state index >= 15 is 0 Å². The molecule has 0 aliphatic carbocycles. The second-order valence-electron chi connectivity index (χ2n) is 19.0. The molecule has 3 aromatic heterocycles. The Morgan fingerprint density at radius 3 is 2.63 bits per heavy atom. The maximum absolute atomic E-state index is 14.6. The summed E-state index contributed by atoms with van der Waals surface area (Å²) in [5, 5.41) is 8.26. The number of nitrogens with zero attached hydrogens (tertiary/aromatic N) is 7. The van der Waals surface area contributed by atoms with Crippen molar-refractivity contribution in [2.75, 3.05) is 47.4 Å². The van der Waals surface area contributed by atoms with Gasteiger partial charge in [0.05, 0.1) is 34.8 Å². The number of aryl methyl sites for hydroxylation is 1. The number of pyridine rings is 1. The van der Waals surface area contributed by atoms with Crippen molar-refractivity contribution in [3.8, 4) is 22.5 Å². The van der Waals surface area contributed by atoms with E-state index in [0.29, 0.717) is 49.9 Å². The maximum atomic E-state index is 14.6. The van der Waals surface area contributed by atoms with Gasteiger partial charge in [0.1, 0.15) is 18.1 Å². The van der Waals surface area contributed by atoms with E-state index < -0.39 is 35.4 Å². The van der Waals surface area contributed by atoms with Gasteiger partial charge in [-0.2, -0.15) is 0 Å². The summed E-state index contributed by atoms with van der Waals surface area (Å²) in [6.07, 6.45) is 4.25. The minimum absolute atomic E-state index is 0.115. The highest BCUT2D eigenvalue weighted by Gasteiger charge is 2.46. The normalized spacial score (nSPS) is 23.8. The van der Waals surface area contributed by atoms with Crippen molar-refractivity contribution in [3.63, 3.8) is 0 Å². The molecule has 1 unspecified atom stereocenters. The van der Waals surface area contributed by atoms with Gasteiger partial charge in [-0.25, -0.2) is 15.2 Å². The van der Waals surface area contributed by atoms with Crippen LogP contribution in [0.15, 0.2) is 41.9 Å². The fourth-order valence-corrected chi connectivity index (χ4v) is 11.0. The van der Waals surface area contributed by atoms with Crippen LogP contribution in [0.1, 0.15) is 83.2 Å². The smallest absolute Gasteiger partial charge is 0.324 e. The number of likely N-dealkylation sites (tertiary alicyclic amines) is 2. The number of likely N-dealkylation sites (N-methyl/N-ethyl adjacent to an activating group) is 2. The number of thiazole rings is 1. The van der Waals surface area contributed by atoms with Crippen molar-refractivity contribution in [1.82, 2.24) is 45.0 Å². The Labute approximate surface area is 374 Å². The number of methoxy groups -OCH3 is 1. The first kappa shape index (κ1) is 44.7. The van der Waals surface area contributed by atoms with Crippen LogP contribution in [0, 0.1) is 11.3 Å². The molecule has 8 bridgehead atoms. The van der Waals surface area contributed by atoms with Crippen LogP contribution in [0.4, 0.5) is 4.79 Å². The predicted molar refractivity (Wildman–Crippen MR) is 243 cm³/mol. The highest BCUT2D eigenvalue weighted by atomic mass is 32.1. The number of urea groups is 1. The van der Waals surface area contributed by atoms with Gasteiger partial charge in [-0.1, -0.05) is 33.8 Å². The highest BCUT2D eigenvalue weighted by molar-refractivity contribution is 7.10. The minimum atomic E-state index is -1.03. The number of esters is 1. The Hall–Kier alpha value is -4.90. The molecule has 4 aliphatic rings. The van der Waals surface area contributed by atoms with Gasteiger partial charge in [-0.15, -0.1) is 11.3 Å². The number of cyclic esters (lactones) is 1. The molecule has 0 radical (unpaired) electrons. The van der Waals surface area contributed by atoms with Gasteiger partial charge in [0.15, 0.2) is 0 Å². The fourth-order valence-electron chi connectivity index (χ4n) is 10.2. The van der Waals surface area contributed by atoms with Gasteiger partial charge in [-0.3, -0.25) is 29.3 Å². The van der Waals surface area contributed by atoms with Crippen LogP contribution in [0.3, 0.4) is 0 Å². The first-order chi connectivity index (χ1) is 30.1. The summed E-state index contributed by atoms with van der Waals surface area (Å²) >= 11 is 1.44. The van der Waals surface area contributed by atoms with E-state index in [1.165, 1.54) is 21.2 Å². The average molecular weight is 882 g/mol. The fraction of sp³-hybridized carbons (Fsp3) is 0.574. The van der Waals surface area contributed by atoms with Crippen LogP contribution >= 0.6 is 11.3 Å². The Morgan fingerprint density at radius 2 is 1.94 bits per heavy atom. The first-order valence-electron chi connectivity index (χ1n) is 22.4. The first-order valence-corrected chi connectivity index (χ1v) is 23.3. The standard InChI is InChI=1S/C47H63N9O6S/c1-10-54-38-16-15-29-19-33(38)34(42(54)32-13-11-17-48-40(32)28(4)61-9)22-47(5,6)26-62-45(59)35-14-12-18-56(51-35)44(58)36(21-39-49-37(29)25-63-39)50-43(57)41(27(2)3)53(8)46(60)55-24-30-20-31(55)23-52(30)7/h11,13,15-17,19,25,27-28,30-31,35-36,41,51H,10,12,14,18,20-24,26H2,1-9H3,(H,50,57)/t28-,30-,31-,35-,36-,41?/m0/s1. The topological polar surface area (TPSA) is 154 Å². The van der Waals surface area contributed by atoms with Crippen molar-refractivity contribution in [1.29, 1.82) is 0 Å². The van der Waals surface area contributed by atoms with Gasteiger partial charge < -0.3 is 29.2 Å². The summed E-state index contributed by atoms with van der Waals surface area (Å²) in [6, 6.07) is 8.12. The Balaban J connectivity index is 1.17. The molecule has 6 atom stereocenters. The second kappa shape index (κ2) is 17.9. The van der Waals surface area contributed by atoms with E-state index in [-0.39, 0.29) is 43.0 Å². The number of hydrazine groups is 1. The minimum Gasteiger partial charge on any atom is -0.464 e. The Kier molecular flexibility index (Phi) is 12.7. The third-order valence-electron chi connectivity index (χ3n) is 13.5. The molecule has 338 valence electrons. The maximum Gasteiger partial charge on any atom is 0.324 e. The predicted octanol–water partition coefficient (Wildman–Crippen LogP) is 5.67. The van der Waals surface area contributed by atoms with E-state index in [1.807, 2.05) is 37.1 Å². The summed E-state index contributed by atoms with van der Waals surface area (Å²) in [7, 11) is 5.46. The van der Waals surface area contributed by atoms with E-state index in [0.717, 1.165) is 57.6 Å². The molecule has 4 amide bonds. The van der Waals surface area contributed by atoms with Crippen LogP contribution in [-0.4, -0.2) is 136 Å². The number of benzene rings is 1. The van der Waals surface area contributed by atoms with Gasteiger partial charge in [0.2, 0.25) is 5.91 Å². The number of hydrogen-bond donors (Lipinski definition) is 2. The van der Waals surface area contributed by atoms with E-state index in [1.54, 1.807) is 20.4 Å². The van der Waals surface area contributed by atoms with Gasteiger partial charge in [0.25, 0.3) is 5.91 Å². The lowest BCUT2D eigenvalue weighted by Crippen LogP contribution is -2.63. The van der Waals surface area contributed by atoms with Crippen LogP contribution in [0.5, 0.6) is 0 Å². The van der Waals surface area contributed by atoms with Crippen LogP contribution in [0.2, 0.25) is 0 Å². The molecule has 0 spiro atoms. The molecule has 0 saturated carbocycles. The number of carbonyl (C=O) groups excluding carboxylic acids is 4. The summed E-state index contributed by atoms with van der Waals surface area (Å²) in [5.41, 5.74) is 9.43. The molecule has 3 saturated heterocycles. The lowest BCUT2D eigenvalue weighted by atomic mass is 9.84. The third-order valence-corrected chi connectivity index (χ3v) is 14.4.